The summed E-state index contributed by atoms with van der Waals surface area (Å²) in [5.74, 6) is 0. The Kier molecular flexibility index (Phi) is 17.7. The molecule has 2 atom stereocenters. The van der Waals surface area contributed by atoms with Crippen LogP contribution < -0.4 is 9.80 Å². The van der Waals surface area contributed by atoms with Gasteiger partial charge in [-0.15, -0.1) is 0 Å². The van der Waals surface area contributed by atoms with Crippen molar-refractivity contribution in [3.63, 3.8) is 0 Å². The molecule has 23 aromatic rings. The Bertz CT molecular complexity index is 8480. The SMILES string of the molecule is [2H]c1c([2H])c([2H])c(-c2ccc(N(c3ccc(-c4ccccc4)cc3)c3ccc4c(c3)C(c3ccccc3)(c3ccc5c(c3)c3ccccc3n5-c3ccccc3)c3ccccc3-4)cc2)c([2H])c1[2H].c1ccc(-c2ccc(N(c3ccc(-c4ccc5ccccc5c4)cc3)c3ccc4c(c3)C(c3ccccc3)(c3ccc5c(c3)c3ccccc3n5-c3ccccc3)c3ccccc3-4)cc2)cc1. The number of fused-ring (bicyclic) bond motifs is 13. The quantitative estimate of drug-likeness (QED) is 0.0959. The number of anilines is 6. The Balaban J connectivity index is 0.000000148. The van der Waals surface area contributed by atoms with E-state index in [9.17, 15) is 0 Å². The van der Waals surface area contributed by atoms with E-state index in [1.807, 2.05) is 42.5 Å². The number of rotatable bonds is 16. The minimum atomic E-state index is -0.707. The third-order valence-electron chi connectivity index (χ3n) is 26.8. The van der Waals surface area contributed by atoms with E-state index in [0.717, 1.165) is 89.9 Å². The molecule has 0 N–H and O–H groups in total. The van der Waals surface area contributed by atoms with Crippen LogP contribution in [-0.4, -0.2) is 9.13 Å². The molecule has 21 aromatic carbocycles. The Morgan fingerprint density at radius 2 is 0.500 bits per heavy atom. The molecule has 0 spiro atoms. The van der Waals surface area contributed by atoms with Crippen molar-refractivity contribution in [3.8, 4) is 78.1 Å². The van der Waals surface area contributed by atoms with Crippen LogP contribution in [0.2, 0.25) is 0 Å². The van der Waals surface area contributed by atoms with Gasteiger partial charge in [0.25, 0.3) is 0 Å². The zero-order valence-corrected chi connectivity index (χ0v) is 71.1. The van der Waals surface area contributed by atoms with Gasteiger partial charge in [-0.1, -0.05) is 382 Å². The average Bonchev–Trinajstić information content (AvgIpc) is 1.53. The van der Waals surface area contributed by atoms with Crippen molar-refractivity contribution in [2.24, 2.45) is 0 Å². The molecule has 2 heterocycles. The molecule has 2 aliphatic carbocycles. The zero-order chi connectivity index (χ0) is 90.4. The van der Waals surface area contributed by atoms with Crippen molar-refractivity contribution in [3.05, 3.63) is 566 Å². The molecule has 130 heavy (non-hydrogen) atoms. The van der Waals surface area contributed by atoms with Crippen LogP contribution in [0.15, 0.2) is 522 Å². The third-order valence-corrected chi connectivity index (χ3v) is 26.8. The number of para-hydroxylation sites is 4. The van der Waals surface area contributed by atoms with Crippen LogP contribution in [0.5, 0.6) is 0 Å². The molecule has 0 radical (unpaired) electrons. The first kappa shape index (κ1) is 71.4. The largest absolute Gasteiger partial charge is 0.310 e. The summed E-state index contributed by atoms with van der Waals surface area (Å²) in [5, 5.41) is 7.33. The Hall–Kier alpha value is -16.9. The Morgan fingerprint density at radius 1 is 0.185 bits per heavy atom. The molecule has 4 heteroatoms. The van der Waals surface area contributed by atoms with E-state index in [-0.39, 0.29) is 29.7 Å². The maximum Gasteiger partial charge on any atom is 0.0714 e. The predicted octanol–water partition coefficient (Wildman–Crippen LogP) is 33.1. The van der Waals surface area contributed by atoms with E-state index in [0.29, 0.717) is 5.56 Å². The van der Waals surface area contributed by atoms with Gasteiger partial charge in [0.15, 0.2) is 0 Å². The Labute approximate surface area is 764 Å². The van der Waals surface area contributed by atoms with Gasteiger partial charge in [-0.2, -0.15) is 0 Å². The summed E-state index contributed by atoms with van der Waals surface area (Å²) in [6.07, 6.45) is 0. The molecule has 0 aliphatic heterocycles. The van der Waals surface area contributed by atoms with Crippen LogP contribution in [0, 0.1) is 0 Å². The van der Waals surface area contributed by atoms with Crippen LogP contribution in [0.4, 0.5) is 34.1 Å². The first-order chi connectivity index (χ1) is 66.5. The standard InChI is InChI=1S/C65H44N2.C61H42N2/c1-4-16-45(17-5-1)47-30-35-54(36-31-47)66(55-37-32-48(33-38-55)50-29-28-46-18-10-11-19-49(46)42-50)56-39-40-58-57-24-12-14-26-61(57)65(62(58)44-56,51-20-6-2-7-21-51)52-34-41-64-60(43-52)59-25-13-15-27-63(59)67(64)53-22-8-3-9-23-53;1-5-17-43(18-6-1)45-29-34-50(35-30-45)62(51-36-31-46(32-37-51)44-19-7-2-8-20-44)52-38-39-54-53-25-13-15-27-57(53)61(58(54)42-52,47-21-9-3-10-22-47)48-33-40-60-56(41-48)55-26-14-16-28-59(55)63(60)49-23-11-4-12-24-49/h1-44H;1-42H/i;1D,5D,6D,17D,18D. The number of nitrogens with zero attached hydrogens (tertiary/aromatic N) is 4. The van der Waals surface area contributed by atoms with E-state index in [4.69, 9.17) is 6.85 Å². The van der Waals surface area contributed by atoms with Crippen molar-refractivity contribution in [1.29, 1.82) is 0 Å². The first-order valence-corrected chi connectivity index (χ1v) is 44.5. The summed E-state index contributed by atoms with van der Waals surface area (Å²) < 4.78 is 47.1. The lowest BCUT2D eigenvalue weighted by Gasteiger charge is -2.35. The lowest BCUT2D eigenvalue weighted by molar-refractivity contribution is 0.770. The van der Waals surface area contributed by atoms with Gasteiger partial charge in [-0.3, -0.25) is 0 Å². The molecule has 0 bridgehead atoms. The lowest BCUT2D eigenvalue weighted by atomic mass is 9.67. The molecule has 2 aliphatic rings. The summed E-state index contributed by atoms with van der Waals surface area (Å²) in [6, 6.07) is 176. The second-order valence-electron chi connectivity index (χ2n) is 33.8. The normalized spacial score (nSPS) is 14.6. The molecule has 4 nitrogen and oxygen atoms in total. The molecule has 0 amide bonds. The smallest absolute Gasteiger partial charge is 0.0714 e. The summed E-state index contributed by atoms with van der Waals surface area (Å²) >= 11 is 0. The lowest BCUT2D eigenvalue weighted by Crippen LogP contribution is -2.28. The number of hydrogen-bond acceptors (Lipinski definition) is 2. The van der Waals surface area contributed by atoms with Crippen molar-refractivity contribution >= 4 is 88.5 Å². The fraction of sp³-hybridized carbons (Fsp3) is 0.0159. The van der Waals surface area contributed by atoms with Crippen molar-refractivity contribution in [2.75, 3.05) is 9.80 Å². The molecule has 0 fully saturated rings. The number of aromatic nitrogens is 2. The highest BCUT2D eigenvalue weighted by molar-refractivity contribution is 6.12. The van der Waals surface area contributed by atoms with E-state index < -0.39 is 16.9 Å². The molecule has 0 saturated carbocycles. The maximum absolute atomic E-state index is 8.72. The average molecular weight is 1660 g/mol. The van der Waals surface area contributed by atoms with Gasteiger partial charge in [-0.05, 0) is 262 Å². The third kappa shape index (κ3) is 12.9. The topological polar surface area (TPSA) is 16.3 Å². The fourth-order valence-electron chi connectivity index (χ4n) is 21.0. The predicted molar refractivity (Wildman–Crippen MR) is 545 cm³/mol. The molecule has 25 rings (SSSR count). The highest BCUT2D eigenvalue weighted by atomic mass is 15.1. The van der Waals surface area contributed by atoms with Crippen molar-refractivity contribution in [2.45, 2.75) is 10.8 Å². The molecule has 2 aromatic heterocycles. The summed E-state index contributed by atoms with van der Waals surface area (Å²) in [6.45, 7) is 0. The van der Waals surface area contributed by atoms with E-state index >= 15 is 0 Å². The van der Waals surface area contributed by atoms with Crippen molar-refractivity contribution in [1.82, 2.24) is 9.13 Å². The van der Waals surface area contributed by atoms with Crippen LogP contribution >= 0.6 is 0 Å². The monoisotopic (exact) mass is 1660 g/mol. The molecule has 0 saturated heterocycles. The van der Waals surface area contributed by atoms with Crippen LogP contribution in [0.1, 0.15) is 51.4 Å². The van der Waals surface area contributed by atoms with Gasteiger partial charge in [-0.25, -0.2) is 0 Å². The minimum Gasteiger partial charge on any atom is -0.310 e. The van der Waals surface area contributed by atoms with Gasteiger partial charge in [0.1, 0.15) is 0 Å². The minimum absolute atomic E-state index is 0.174. The van der Waals surface area contributed by atoms with Gasteiger partial charge in [0.2, 0.25) is 0 Å². The van der Waals surface area contributed by atoms with E-state index in [1.54, 1.807) is 0 Å². The van der Waals surface area contributed by atoms with Gasteiger partial charge in [0.05, 0.1) is 39.8 Å². The first-order valence-electron chi connectivity index (χ1n) is 47.0. The van der Waals surface area contributed by atoms with Gasteiger partial charge < -0.3 is 18.9 Å². The highest BCUT2D eigenvalue weighted by Gasteiger charge is 2.49. The number of benzene rings is 21. The summed E-state index contributed by atoms with van der Waals surface area (Å²) in [4.78, 5) is 4.67. The van der Waals surface area contributed by atoms with E-state index in [1.165, 1.54) is 110 Å². The number of hydrogen-bond donors (Lipinski definition) is 0. The molecular weight excluding hydrogens is 1570 g/mol. The molecule has 610 valence electrons. The van der Waals surface area contributed by atoms with Crippen molar-refractivity contribution < 1.29 is 6.85 Å². The van der Waals surface area contributed by atoms with E-state index in [2.05, 4.69) is 468 Å². The second-order valence-corrected chi connectivity index (χ2v) is 33.8. The second kappa shape index (κ2) is 32.2. The van der Waals surface area contributed by atoms with Crippen LogP contribution in [0.3, 0.4) is 0 Å². The summed E-state index contributed by atoms with van der Waals surface area (Å²) in [5.41, 5.74) is 34.0. The highest BCUT2D eigenvalue weighted by Crippen LogP contribution is 2.61. The molecule has 2 unspecified atom stereocenters. The fourth-order valence-corrected chi connectivity index (χ4v) is 21.0. The van der Waals surface area contributed by atoms with Gasteiger partial charge >= 0.3 is 0 Å². The van der Waals surface area contributed by atoms with Crippen LogP contribution in [-0.2, 0) is 10.8 Å². The van der Waals surface area contributed by atoms with Crippen LogP contribution in [0.25, 0.3) is 133 Å². The Morgan fingerprint density at radius 3 is 0.931 bits per heavy atom. The summed E-state index contributed by atoms with van der Waals surface area (Å²) in [7, 11) is 0. The maximum atomic E-state index is 8.72. The molecular formula is C126H86N4. The zero-order valence-electron chi connectivity index (χ0n) is 76.1. The van der Waals surface area contributed by atoms with Gasteiger partial charge in [0, 0.05) is 67.0 Å².